The van der Waals surface area contributed by atoms with E-state index in [4.69, 9.17) is 15.5 Å². The van der Waals surface area contributed by atoms with E-state index >= 15 is 0 Å². The number of rotatable bonds is 8. The van der Waals surface area contributed by atoms with Crippen molar-refractivity contribution in [3.63, 3.8) is 0 Å². The lowest BCUT2D eigenvalue weighted by Gasteiger charge is -2.32. The van der Waals surface area contributed by atoms with Gasteiger partial charge in [-0.15, -0.1) is 11.3 Å². The number of hydrogen-bond acceptors (Lipinski definition) is 8. The highest BCUT2D eigenvalue weighted by atomic mass is 32.1. The zero-order chi connectivity index (χ0) is 26.1. The molecule has 37 heavy (non-hydrogen) atoms. The van der Waals surface area contributed by atoms with Gasteiger partial charge in [0.15, 0.2) is 23.1 Å². The van der Waals surface area contributed by atoms with Gasteiger partial charge in [-0.3, -0.25) is 10.7 Å². The van der Waals surface area contributed by atoms with Crippen molar-refractivity contribution >= 4 is 40.2 Å². The Morgan fingerprint density at radius 3 is 2.57 bits per heavy atom. The summed E-state index contributed by atoms with van der Waals surface area (Å²) in [4.78, 5) is 30.0. The molecule has 198 valence electrons. The van der Waals surface area contributed by atoms with Crippen LogP contribution in [0.3, 0.4) is 0 Å². The maximum atomic E-state index is 11.2. The molecule has 2 atom stereocenters. The zero-order valence-corrected chi connectivity index (χ0v) is 22.5. The van der Waals surface area contributed by atoms with Crippen LogP contribution in [0.4, 0.5) is 10.6 Å². The van der Waals surface area contributed by atoms with Crippen LogP contribution >= 0.6 is 11.3 Å². The fraction of sp³-hybridized carbons (Fsp3) is 0.615. The SMILES string of the molecule is CC1CCC(Cn2c(C(C)c3cscn3)nc3nc(C(=N)NC(=O)O)nc(N[C@H](C)C4CCC4)c32)CC1. The van der Waals surface area contributed by atoms with Gasteiger partial charge in [-0.25, -0.2) is 24.7 Å². The molecule has 0 saturated heterocycles. The first kappa shape index (κ1) is 25.6. The van der Waals surface area contributed by atoms with Crippen LogP contribution in [0.5, 0.6) is 0 Å². The van der Waals surface area contributed by atoms with Crippen molar-refractivity contribution in [3.05, 3.63) is 28.2 Å². The number of imidazole rings is 1. The van der Waals surface area contributed by atoms with Crippen molar-refractivity contribution in [1.29, 1.82) is 5.41 Å². The number of hydrogen-bond donors (Lipinski definition) is 4. The third kappa shape index (κ3) is 5.46. The monoisotopic (exact) mass is 524 g/mol. The summed E-state index contributed by atoms with van der Waals surface area (Å²) in [5.41, 5.74) is 4.11. The molecule has 1 unspecified atom stereocenters. The number of aromatic nitrogens is 5. The molecule has 0 bridgehead atoms. The van der Waals surface area contributed by atoms with Gasteiger partial charge < -0.3 is 15.0 Å². The lowest BCUT2D eigenvalue weighted by molar-refractivity contribution is 0.200. The van der Waals surface area contributed by atoms with Crippen molar-refractivity contribution in [3.8, 4) is 0 Å². The van der Waals surface area contributed by atoms with Crippen molar-refractivity contribution in [2.75, 3.05) is 5.32 Å². The van der Waals surface area contributed by atoms with Gasteiger partial charge in [0.2, 0.25) is 0 Å². The fourth-order valence-corrected chi connectivity index (χ4v) is 6.20. The average molecular weight is 525 g/mol. The Labute approximate surface area is 220 Å². The van der Waals surface area contributed by atoms with E-state index < -0.39 is 6.09 Å². The zero-order valence-electron chi connectivity index (χ0n) is 21.7. The molecule has 3 aromatic rings. The summed E-state index contributed by atoms with van der Waals surface area (Å²) in [6.45, 7) is 7.44. The molecular weight excluding hydrogens is 488 g/mol. The van der Waals surface area contributed by atoms with Crippen LogP contribution in [0.1, 0.15) is 89.0 Å². The number of anilines is 1. The Balaban J connectivity index is 1.62. The van der Waals surface area contributed by atoms with E-state index in [1.165, 1.54) is 44.9 Å². The average Bonchev–Trinajstić information content (AvgIpc) is 3.47. The number of amides is 1. The van der Waals surface area contributed by atoms with E-state index in [-0.39, 0.29) is 23.6 Å². The molecule has 1 amide bonds. The summed E-state index contributed by atoms with van der Waals surface area (Å²) in [5, 5.41) is 25.2. The van der Waals surface area contributed by atoms with Gasteiger partial charge in [0.25, 0.3) is 0 Å². The van der Waals surface area contributed by atoms with Gasteiger partial charge in [-0.05, 0) is 57.3 Å². The van der Waals surface area contributed by atoms with E-state index in [0.717, 1.165) is 29.5 Å². The van der Waals surface area contributed by atoms with Gasteiger partial charge in [-0.1, -0.05) is 26.2 Å². The lowest BCUT2D eigenvalue weighted by Crippen LogP contribution is -2.33. The summed E-state index contributed by atoms with van der Waals surface area (Å²) in [7, 11) is 0. The minimum absolute atomic E-state index is 0.0159. The molecule has 0 aliphatic heterocycles. The highest BCUT2D eigenvalue weighted by Crippen LogP contribution is 2.36. The summed E-state index contributed by atoms with van der Waals surface area (Å²) >= 11 is 1.57. The molecule has 2 aliphatic rings. The molecule has 4 N–H and O–H groups in total. The predicted molar refractivity (Wildman–Crippen MR) is 144 cm³/mol. The first-order chi connectivity index (χ1) is 17.8. The first-order valence-electron chi connectivity index (χ1n) is 13.3. The molecule has 0 radical (unpaired) electrons. The summed E-state index contributed by atoms with van der Waals surface area (Å²) < 4.78 is 2.27. The number of fused-ring (bicyclic) bond motifs is 1. The molecule has 5 rings (SSSR count). The summed E-state index contributed by atoms with van der Waals surface area (Å²) in [5.74, 6) is 2.98. The Morgan fingerprint density at radius 2 is 1.95 bits per heavy atom. The minimum Gasteiger partial charge on any atom is -0.465 e. The smallest absolute Gasteiger partial charge is 0.410 e. The second-order valence-corrected chi connectivity index (χ2v) is 11.6. The number of nitrogens with one attached hydrogen (secondary N) is 3. The normalized spacial score (nSPS) is 21.8. The largest absolute Gasteiger partial charge is 0.465 e. The maximum Gasteiger partial charge on any atom is 0.410 e. The molecule has 0 spiro atoms. The molecule has 11 heteroatoms. The van der Waals surface area contributed by atoms with Crippen LogP contribution in [0, 0.1) is 23.2 Å². The van der Waals surface area contributed by atoms with Crippen LogP contribution in [0.15, 0.2) is 10.9 Å². The Kier molecular flexibility index (Phi) is 7.41. The highest BCUT2D eigenvalue weighted by molar-refractivity contribution is 7.07. The number of carboxylic acid groups (broad SMARTS) is 1. The standard InChI is InChI=1S/C26H36N8O2S/c1-14-7-9-17(10-8-14)11-34-20-22(29-16(3)18-5-4-6-18)31-24(21(27)30-26(35)36)32-23(20)33-25(34)15(2)19-12-37-13-28-19/h12-18H,4-11H2,1-3H3,(H2,27,30)(H,35,36)(H,29,31,32)/t14?,15?,16-,17?/m1/s1. The van der Waals surface area contributed by atoms with Crippen molar-refractivity contribution in [2.24, 2.45) is 17.8 Å². The van der Waals surface area contributed by atoms with Gasteiger partial charge in [0.05, 0.1) is 17.1 Å². The minimum atomic E-state index is -1.32. The molecule has 2 fully saturated rings. The van der Waals surface area contributed by atoms with Crippen LogP contribution in [0.25, 0.3) is 11.2 Å². The maximum absolute atomic E-state index is 11.2. The van der Waals surface area contributed by atoms with Gasteiger partial charge >= 0.3 is 6.09 Å². The number of nitrogens with zero attached hydrogens (tertiary/aromatic N) is 5. The van der Waals surface area contributed by atoms with Gasteiger partial charge in [0, 0.05) is 18.0 Å². The van der Waals surface area contributed by atoms with Crippen molar-refractivity contribution in [2.45, 2.75) is 84.2 Å². The topological polar surface area (TPSA) is 142 Å². The molecule has 3 heterocycles. The molecule has 10 nitrogen and oxygen atoms in total. The molecule has 0 aromatic carbocycles. The molecule has 2 aliphatic carbocycles. The molecular formula is C26H36N8O2S. The Hall–Kier alpha value is -3.08. The third-order valence-corrected chi connectivity index (χ3v) is 8.77. The first-order valence-corrected chi connectivity index (χ1v) is 14.3. The van der Waals surface area contributed by atoms with Crippen LogP contribution in [-0.2, 0) is 6.54 Å². The van der Waals surface area contributed by atoms with E-state index in [1.54, 1.807) is 11.3 Å². The van der Waals surface area contributed by atoms with E-state index in [2.05, 4.69) is 56.3 Å². The second-order valence-electron chi connectivity index (χ2n) is 10.8. The Bertz CT molecular complexity index is 1260. The van der Waals surface area contributed by atoms with Gasteiger partial charge in [-0.2, -0.15) is 0 Å². The number of thiazole rings is 1. The van der Waals surface area contributed by atoms with E-state index in [1.807, 2.05) is 5.51 Å². The van der Waals surface area contributed by atoms with Crippen molar-refractivity contribution < 1.29 is 9.90 Å². The summed E-state index contributed by atoms with van der Waals surface area (Å²) in [6.07, 6.45) is 7.10. The van der Waals surface area contributed by atoms with E-state index in [0.29, 0.717) is 23.3 Å². The van der Waals surface area contributed by atoms with E-state index in [9.17, 15) is 4.79 Å². The quantitative estimate of drug-likeness (QED) is 0.227. The molecule has 2 saturated carbocycles. The number of carbonyl (C=O) groups is 1. The lowest BCUT2D eigenvalue weighted by atomic mass is 9.80. The third-order valence-electron chi connectivity index (χ3n) is 8.17. The predicted octanol–water partition coefficient (Wildman–Crippen LogP) is 5.45. The van der Waals surface area contributed by atoms with Crippen LogP contribution in [0.2, 0.25) is 0 Å². The highest BCUT2D eigenvalue weighted by Gasteiger charge is 2.30. The van der Waals surface area contributed by atoms with Crippen LogP contribution < -0.4 is 10.6 Å². The Morgan fingerprint density at radius 1 is 1.19 bits per heavy atom. The summed E-state index contributed by atoms with van der Waals surface area (Å²) in [6, 6.07) is 0.194. The number of amidine groups is 1. The van der Waals surface area contributed by atoms with Crippen LogP contribution in [-0.4, -0.2) is 47.6 Å². The fourth-order valence-electron chi connectivity index (χ4n) is 5.55. The van der Waals surface area contributed by atoms with Crippen molar-refractivity contribution in [1.82, 2.24) is 29.8 Å². The van der Waals surface area contributed by atoms with Gasteiger partial charge in [0.1, 0.15) is 11.3 Å². The second kappa shape index (κ2) is 10.7. The molecule has 3 aromatic heterocycles.